The Balaban J connectivity index is 1.51. The number of ether oxygens (including phenoxy) is 3. The smallest absolute Gasteiger partial charge is 0.355 e. The summed E-state index contributed by atoms with van der Waals surface area (Å²) in [7, 11) is 0. The first-order chi connectivity index (χ1) is 20.1. The van der Waals surface area contributed by atoms with Gasteiger partial charge in [0.1, 0.15) is 16.7 Å². The van der Waals surface area contributed by atoms with E-state index < -0.39 is 5.97 Å². The van der Waals surface area contributed by atoms with Crippen LogP contribution in [0, 0.1) is 0 Å². The van der Waals surface area contributed by atoms with Gasteiger partial charge in [-0.3, -0.25) is 0 Å². The van der Waals surface area contributed by atoms with Crippen molar-refractivity contribution < 1.29 is 23.8 Å². The van der Waals surface area contributed by atoms with Crippen LogP contribution in [0.4, 0.5) is 10.5 Å². The molecule has 0 bridgehead atoms. The van der Waals surface area contributed by atoms with Crippen molar-refractivity contribution in [3.8, 4) is 22.6 Å². The van der Waals surface area contributed by atoms with Crippen molar-refractivity contribution in [2.75, 3.05) is 25.3 Å². The van der Waals surface area contributed by atoms with Gasteiger partial charge in [0.2, 0.25) is 6.79 Å². The molecule has 0 spiro atoms. The largest absolute Gasteiger partial charge is 0.461 e. The number of nitrogens with zero attached hydrogens (tertiary/aromatic N) is 3. The van der Waals surface area contributed by atoms with E-state index in [4.69, 9.17) is 14.2 Å². The zero-order valence-electron chi connectivity index (χ0n) is 22.7. The van der Waals surface area contributed by atoms with Crippen molar-refractivity contribution in [2.45, 2.75) is 33.2 Å². The van der Waals surface area contributed by atoms with Gasteiger partial charge >= 0.3 is 12.0 Å². The fourth-order valence-electron chi connectivity index (χ4n) is 5.02. The van der Waals surface area contributed by atoms with Gasteiger partial charge in [-0.05, 0) is 66.9 Å². The predicted octanol–water partition coefficient (Wildman–Crippen LogP) is 6.19. The molecule has 5 aromatic rings. The maximum atomic E-state index is 13.6. The molecule has 1 aliphatic heterocycles. The predicted molar refractivity (Wildman–Crippen MR) is 158 cm³/mol. The van der Waals surface area contributed by atoms with Crippen molar-refractivity contribution in [1.29, 1.82) is 0 Å². The second-order valence-corrected chi connectivity index (χ2v) is 10.2. The van der Waals surface area contributed by atoms with E-state index in [1.54, 1.807) is 6.92 Å². The zero-order chi connectivity index (χ0) is 28.3. The molecule has 41 heavy (non-hydrogen) atoms. The van der Waals surface area contributed by atoms with Gasteiger partial charge in [0.15, 0.2) is 11.5 Å². The maximum absolute atomic E-state index is 13.6. The van der Waals surface area contributed by atoms with E-state index in [1.807, 2.05) is 59.2 Å². The summed E-state index contributed by atoms with van der Waals surface area (Å²) in [6, 6.07) is 16.9. The number of carbonyl (C=O) groups is 2. The molecule has 2 aromatic heterocycles. The molecular formula is C30H29N5O5S. The second kappa shape index (κ2) is 11.5. The SMILES string of the molecule is CCCCNC(=O)Nc1ccc2c(c1)c(-c1ccc3c(c1)OCO3)c(C(=O)OCC)n2Cc1ccc2nsnc2c1. The number of anilines is 1. The van der Waals surface area contributed by atoms with Crippen LogP contribution in [0.25, 0.3) is 33.1 Å². The molecule has 0 saturated carbocycles. The molecule has 6 rings (SSSR count). The Kier molecular flexibility index (Phi) is 7.43. The highest BCUT2D eigenvalue weighted by atomic mass is 32.1. The third kappa shape index (κ3) is 5.28. The molecule has 11 heteroatoms. The quantitative estimate of drug-likeness (QED) is 0.160. The molecule has 1 aliphatic rings. The highest BCUT2D eigenvalue weighted by Gasteiger charge is 2.27. The fraction of sp³-hybridized carbons (Fsp3) is 0.267. The molecule has 0 radical (unpaired) electrons. The van der Waals surface area contributed by atoms with Crippen LogP contribution in [0.15, 0.2) is 54.6 Å². The summed E-state index contributed by atoms with van der Waals surface area (Å²) in [5, 5.41) is 6.60. The van der Waals surface area contributed by atoms with Gasteiger partial charge in [0.25, 0.3) is 0 Å². The van der Waals surface area contributed by atoms with Gasteiger partial charge in [-0.25, -0.2) is 9.59 Å². The first kappa shape index (κ1) is 26.6. The van der Waals surface area contributed by atoms with Crippen LogP contribution in [0.1, 0.15) is 42.7 Å². The number of amides is 2. The third-order valence-corrected chi connectivity index (χ3v) is 7.48. The van der Waals surface area contributed by atoms with E-state index in [9.17, 15) is 9.59 Å². The fourth-order valence-corrected chi connectivity index (χ4v) is 5.53. The second-order valence-electron chi connectivity index (χ2n) is 9.65. The number of rotatable bonds is 9. The lowest BCUT2D eigenvalue weighted by Gasteiger charge is -2.12. The normalized spacial score (nSPS) is 12.1. The molecule has 0 unspecified atom stereocenters. The lowest BCUT2D eigenvalue weighted by atomic mass is 10.0. The van der Waals surface area contributed by atoms with Crippen LogP contribution in [-0.2, 0) is 11.3 Å². The van der Waals surface area contributed by atoms with Crippen molar-refractivity contribution in [2.24, 2.45) is 0 Å². The van der Waals surface area contributed by atoms with Gasteiger partial charge in [-0.1, -0.05) is 25.5 Å². The van der Waals surface area contributed by atoms with Crippen LogP contribution >= 0.6 is 11.7 Å². The Morgan fingerprint density at radius 1 is 1.00 bits per heavy atom. The first-order valence-electron chi connectivity index (χ1n) is 13.5. The van der Waals surface area contributed by atoms with Gasteiger partial charge in [0.05, 0.1) is 18.3 Å². The van der Waals surface area contributed by atoms with Crippen molar-refractivity contribution in [3.05, 3.63) is 65.9 Å². The standard InChI is InChI=1S/C30H29N5O5S/c1-3-5-12-31-30(37)32-20-8-10-24-21(15-20)27(19-7-11-25-26(14-19)40-17-39-25)28(29(36)38-4-2)35(24)16-18-6-9-22-23(13-18)34-41-33-22/h6-11,13-15H,3-5,12,16-17H2,1-2H3,(H2,31,32,37). The van der Waals surface area contributed by atoms with E-state index >= 15 is 0 Å². The van der Waals surface area contributed by atoms with Crippen LogP contribution in [-0.4, -0.2) is 45.3 Å². The Morgan fingerprint density at radius 3 is 2.71 bits per heavy atom. The molecule has 0 aliphatic carbocycles. The van der Waals surface area contributed by atoms with Crippen molar-refractivity contribution in [3.63, 3.8) is 0 Å². The number of fused-ring (bicyclic) bond motifs is 3. The monoisotopic (exact) mass is 571 g/mol. The highest BCUT2D eigenvalue weighted by molar-refractivity contribution is 7.00. The molecule has 2 amide bonds. The van der Waals surface area contributed by atoms with Crippen LogP contribution < -0.4 is 20.1 Å². The summed E-state index contributed by atoms with van der Waals surface area (Å²) in [5.41, 5.74) is 5.87. The number of hydrogen-bond donors (Lipinski definition) is 2. The Bertz CT molecular complexity index is 1760. The summed E-state index contributed by atoms with van der Waals surface area (Å²) in [5.74, 6) is 0.801. The van der Waals surface area contributed by atoms with Gasteiger partial charge in [-0.2, -0.15) is 8.75 Å². The Morgan fingerprint density at radius 2 is 1.85 bits per heavy atom. The van der Waals surface area contributed by atoms with Crippen molar-refractivity contribution in [1.82, 2.24) is 18.6 Å². The molecule has 0 fully saturated rings. The molecule has 10 nitrogen and oxygen atoms in total. The summed E-state index contributed by atoms with van der Waals surface area (Å²) in [6.07, 6.45) is 1.89. The highest BCUT2D eigenvalue weighted by Crippen LogP contribution is 2.42. The number of nitrogens with one attached hydrogen (secondary N) is 2. The number of esters is 1. The number of hydrogen-bond acceptors (Lipinski definition) is 8. The summed E-state index contributed by atoms with van der Waals surface area (Å²) >= 11 is 1.17. The maximum Gasteiger partial charge on any atom is 0.355 e. The summed E-state index contributed by atoms with van der Waals surface area (Å²) in [6.45, 7) is 5.21. The molecule has 0 atom stereocenters. The molecule has 3 aromatic carbocycles. The minimum absolute atomic E-state index is 0.139. The number of urea groups is 1. The average molecular weight is 572 g/mol. The lowest BCUT2D eigenvalue weighted by molar-refractivity contribution is 0.0516. The van der Waals surface area contributed by atoms with E-state index in [0.29, 0.717) is 41.5 Å². The van der Waals surface area contributed by atoms with Crippen LogP contribution in [0.2, 0.25) is 0 Å². The average Bonchev–Trinajstić information content (AvgIpc) is 3.70. The van der Waals surface area contributed by atoms with Gasteiger partial charge in [-0.15, -0.1) is 0 Å². The topological polar surface area (TPSA) is 117 Å². The number of aromatic nitrogens is 3. The summed E-state index contributed by atoms with van der Waals surface area (Å²) < 4.78 is 27.4. The molecule has 0 saturated heterocycles. The lowest BCUT2D eigenvalue weighted by Crippen LogP contribution is -2.29. The Hall–Kier alpha value is -4.64. The number of unbranched alkanes of at least 4 members (excludes halogenated alkanes) is 1. The van der Waals surface area contributed by atoms with E-state index in [2.05, 4.69) is 26.3 Å². The zero-order valence-corrected chi connectivity index (χ0v) is 23.5. The van der Waals surface area contributed by atoms with Gasteiger partial charge < -0.3 is 29.4 Å². The minimum atomic E-state index is -0.445. The molecule has 3 heterocycles. The van der Waals surface area contributed by atoms with Crippen LogP contribution in [0.3, 0.4) is 0 Å². The van der Waals surface area contributed by atoms with Crippen molar-refractivity contribution >= 4 is 51.4 Å². The molecule has 210 valence electrons. The summed E-state index contributed by atoms with van der Waals surface area (Å²) in [4.78, 5) is 26.2. The van der Waals surface area contributed by atoms with Gasteiger partial charge in [0, 0.05) is 35.2 Å². The van der Waals surface area contributed by atoms with E-state index in [1.165, 1.54) is 11.7 Å². The molecular weight excluding hydrogens is 542 g/mol. The number of carbonyl (C=O) groups excluding carboxylic acids is 2. The minimum Gasteiger partial charge on any atom is -0.461 e. The Labute approximate surface area is 240 Å². The first-order valence-corrected chi connectivity index (χ1v) is 14.3. The van der Waals surface area contributed by atoms with E-state index in [0.717, 1.165) is 45.9 Å². The number of benzene rings is 3. The molecule has 2 N–H and O–H groups in total. The third-order valence-electron chi connectivity index (χ3n) is 6.93. The van der Waals surface area contributed by atoms with E-state index in [-0.39, 0.29) is 19.4 Å². The van der Waals surface area contributed by atoms with Crippen LogP contribution in [0.5, 0.6) is 11.5 Å².